The van der Waals surface area contributed by atoms with Crippen molar-refractivity contribution in [2.75, 3.05) is 13.7 Å². The highest BCUT2D eigenvalue weighted by molar-refractivity contribution is 5.83. The topological polar surface area (TPSA) is 64.6 Å². The molecular weight excluding hydrogens is 270 g/mol. The Labute approximate surface area is 124 Å². The lowest BCUT2D eigenvalue weighted by molar-refractivity contribution is -0.144. The Bertz CT molecular complexity index is 540. The molecule has 0 saturated heterocycles. The van der Waals surface area contributed by atoms with Crippen LogP contribution in [0.25, 0.3) is 0 Å². The highest BCUT2D eigenvalue weighted by atomic mass is 16.5. The molecule has 0 fully saturated rings. The lowest BCUT2D eigenvalue weighted by Gasteiger charge is -2.15. The summed E-state index contributed by atoms with van der Waals surface area (Å²) >= 11 is 0. The first-order valence-electron chi connectivity index (χ1n) is 6.53. The fraction of sp³-hybridized carbons (Fsp3) is 0.375. The van der Waals surface area contributed by atoms with Gasteiger partial charge in [0, 0.05) is 13.3 Å². The first-order chi connectivity index (χ1) is 10.1. The molecule has 1 N–H and O–H groups in total. The van der Waals surface area contributed by atoms with Gasteiger partial charge in [0.15, 0.2) is 0 Å². The fourth-order valence-electron chi connectivity index (χ4n) is 1.73. The molecule has 0 radical (unpaired) electrons. The number of nitrogens with one attached hydrogen (secondary N) is 1. The Kier molecular flexibility index (Phi) is 6.82. The average molecular weight is 289 g/mol. The maximum Gasteiger partial charge on any atom is 0.328 e. The molecule has 0 aliphatic carbocycles. The van der Waals surface area contributed by atoms with Crippen molar-refractivity contribution in [1.82, 2.24) is 5.32 Å². The third kappa shape index (κ3) is 6.00. The van der Waals surface area contributed by atoms with Crippen LogP contribution in [0.15, 0.2) is 24.3 Å². The maximum atomic E-state index is 11.6. The van der Waals surface area contributed by atoms with Crippen LogP contribution in [0.3, 0.4) is 0 Å². The number of hydrogen-bond acceptors (Lipinski definition) is 4. The lowest BCUT2D eigenvalue weighted by Crippen LogP contribution is -2.41. The highest BCUT2D eigenvalue weighted by Crippen LogP contribution is 2.13. The molecule has 1 amide bonds. The van der Waals surface area contributed by atoms with Gasteiger partial charge in [0.25, 0.3) is 0 Å². The zero-order chi connectivity index (χ0) is 15.7. The van der Waals surface area contributed by atoms with Gasteiger partial charge in [-0.3, -0.25) is 4.79 Å². The third-order valence-electron chi connectivity index (χ3n) is 2.71. The summed E-state index contributed by atoms with van der Waals surface area (Å²) in [6, 6.07) is 6.59. The van der Waals surface area contributed by atoms with Crippen LogP contribution in [0.1, 0.15) is 19.4 Å². The molecule has 0 heterocycles. The number of carbonyl (C=O) groups excluding carboxylic acids is 2. The number of amides is 1. The van der Waals surface area contributed by atoms with E-state index in [1.54, 1.807) is 19.1 Å². The van der Waals surface area contributed by atoms with Crippen LogP contribution < -0.4 is 10.1 Å². The molecule has 0 spiro atoms. The minimum atomic E-state index is -0.690. The van der Waals surface area contributed by atoms with E-state index in [2.05, 4.69) is 21.9 Å². The molecule has 1 aromatic carbocycles. The van der Waals surface area contributed by atoms with Gasteiger partial charge in [-0.1, -0.05) is 18.1 Å². The van der Waals surface area contributed by atoms with Crippen LogP contribution in [-0.2, 0) is 20.7 Å². The molecular formula is C16H19NO4. The summed E-state index contributed by atoms with van der Waals surface area (Å²) in [7, 11) is 1.29. The zero-order valence-electron chi connectivity index (χ0n) is 12.4. The molecule has 0 aliphatic heterocycles. The zero-order valence-corrected chi connectivity index (χ0v) is 12.4. The van der Waals surface area contributed by atoms with E-state index < -0.39 is 12.0 Å². The Balaban J connectivity index is 2.68. The van der Waals surface area contributed by atoms with Crippen molar-refractivity contribution in [2.24, 2.45) is 0 Å². The second kappa shape index (κ2) is 8.64. The van der Waals surface area contributed by atoms with E-state index in [0.29, 0.717) is 18.8 Å². The monoisotopic (exact) mass is 289 g/mol. The quantitative estimate of drug-likeness (QED) is 0.633. The molecule has 21 heavy (non-hydrogen) atoms. The van der Waals surface area contributed by atoms with Gasteiger partial charge in [0.1, 0.15) is 18.4 Å². The van der Waals surface area contributed by atoms with E-state index in [1.807, 2.05) is 12.1 Å². The van der Waals surface area contributed by atoms with Gasteiger partial charge in [0.2, 0.25) is 5.91 Å². The standard InChI is InChI=1S/C16H19NO4/c1-4-5-10-21-14-8-6-13(7-9-14)11-15(16(19)20-3)17-12(2)18/h6-9,15H,10-11H2,1-3H3,(H,17,18)/t15-/m0/s1. The predicted octanol–water partition coefficient (Wildman–Crippen LogP) is 1.31. The van der Waals surface area contributed by atoms with E-state index >= 15 is 0 Å². The summed E-state index contributed by atoms with van der Waals surface area (Å²) in [4.78, 5) is 22.7. The van der Waals surface area contributed by atoms with Gasteiger partial charge < -0.3 is 14.8 Å². The smallest absolute Gasteiger partial charge is 0.328 e. The van der Waals surface area contributed by atoms with Crippen LogP contribution in [-0.4, -0.2) is 31.6 Å². The summed E-state index contributed by atoms with van der Waals surface area (Å²) in [6.45, 7) is 3.45. The Morgan fingerprint density at radius 1 is 1.29 bits per heavy atom. The van der Waals surface area contributed by atoms with Crippen LogP contribution >= 0.6 is 0 Å². The first kappa shape index (κ1) is 16.6. The van der Waals surface area contributed by atoms with Crippen molar-refractivity contribution >= 4 is 11.9 Å². The van der Waals surface area contributed by atoms with Crippen LogP contribution in [0.4, 0.5) is 0 Å². The highest BCUT2D eigenvalue weighted by Gasteiger charge is 2.20. The molecule has 0 saturated carbocycles. The lowest BCUT2D eigenvalue weighted by atomic mass is 10.1. The summed E-state index contributed by atoms with van der Waals surface area (Å²) in [5, 5.41) is 2.57. The van der Waals surface area contributed by atoms with E-state index in [1.165, 1.54) is 14.0 Å². The normalized spacial score (nSPS) is 10.8. The molecule has 5 nitrogen and oxygen atoms in total. The molecule has 1 atom stereocenters. The van der Waals surface area contributed by atoms with Gasteiger partial charge >= 0.3 is 5.97 Å². The molecule has 0 bridgehead atoms. The van der Waals surface area contributed by atoms with Gasteiger partial charge in [0.05, 0.1) is 7.11 Å². The first-order valence-corrected chi connectivity index (χ1v) is 6.53. The second-order valence-corrected chi connectivity index (χ2v) is 4.34. The van der Waals surface area contributed by atoms with Crippen LogP contribution in [0.2, 0.25) is 0 Å². The van der Waals surface area contributed by atoms with Crippen molar-refractivity contribution < 1.29 is 19.1 Å². The molecule has 5 heteroatoms. The Morgan fingerprint density at radius 2 is 1.95 bits per heavy atom. The minimum absolute atomic E-state index is 0.275. The predicted molar refractivity (Wildman–Crippen MR) is 78.7 cm³/mol. The molecule has 1 rings (SSSR count). The largest absolute Gasteiger partial charge is 0.481 e. The van der Waals surface area contributed by atoms with Gasteiger partial charge in [-0.2, -0.15) is 0 Å². The SMILES string of the molecule is CC#CCOc1ccc(C[C@H](NC(C)=O)C(=O)OC)cc1. The summed E-state index contributed by atoms with van der Waals surface area (Å²) in [5.74, 6) is 5.51. The number of methoxy groups -OCH3 is 1. The van der Waals surface area contributed by atoms with Crippen LogP contribution in [0, 0.1) is 11.8 Å². The average Bonchev–Trinajstić information content (AvgIpc) is 2.47. The molecule has 0 aliphatic rings. The van der Waals surface area contributed by atoms with Gasteiger partial charge in [-0.25, -0.2) is 4.79 Å². The number of ether oxygens (including phenoxy) is 2. The summed E-state index contributed by atoms with van der Waals surface area (Å²) < 4.78 is 10.1. The second-order valence-electron chi connectivity index (χ2n) is 4.34. The van der Waals surface area contributed by atoms with E-state index in [9.17, 15) is 9.59 Å². The maximum absolute atomic E-state index is 11.6. The molecule has 0 aromatic heterocycles. The summed E-state index contributed by atoms with van der Waals surface area (Å²) in [5.41, 5.74) is 0.896. The number of rotatable bonds is 6. The van der Waals surface area contributed by atoms with Crippen LogP contribution in [0.5, 0.6) is 5.75 Å². The van der Waals surface area contributed by atoms with Crippen molar-refractivity contribution in [1.29, 1.82) is 0 Å². The van der Waals surface area contributed by atoms with Gasteiger partial charge in [-0.15, -0.1) is 5.92 Å². The third-order valence-corrected chi connectivity index (χ3v) is 2.71. The van der Waals surface area contributed by atoms with Crippen molar-refractivity contribution in [2.45, 2.75) is 26.3 Å². The molecule has 112 valence electrons. The van der Waals surface area contributed by atoms with E-state index in [-0.39, 0.29) is 5.91 Å². The number of esters is 1. The fourth-order valence-corrected chi connectivity index (χ4v) is 1.73. The van der Waals surface area contributed by atoms with E-state index in [0.717, 1.165) is 5.56 Å². The van der Waals surface area contributed by atoms with E-state index in [4.69, 9.17) is 4.74 Å². The summed E-state index contributed by atoms with van der Waals surface area (Å²) in [6.07, 6.45) is 0.362. The van der Waals surface area contributed by atoms with Crippen molar-refractivity contribution in [3.63, 3.8) is 0 Å². The van der Waals surface area contributed by atoms with Crippen molar-refractivity contribution in [3.05, 3.63) is 29.8 Å². The number of benzene rings is 1. The Morgan fingerprint density at radius 3 is 2.48 bits per heavy atom. The minimum Gasteiger partial charge on any atom is -0.481 e. The molecule has 0 unspecified atom stereocenters. The molecule has 1 aromatic rings. The van der Waals surface area contributed by atoms with Gasteiger partial charge in [-0.05, 0) is 24.6 Å². The number of hydrogen-bond donors (Lipinski definition) is 1. The van der Waals surface area contributed by atoms with Crippen molar-refractivity contribution in [3.8, 4) is 17.6 Å². The number of carbonyl (C=O) groups is 2. The Hall–Kier alpha value is -2.48.